The third-order valence-corrected chi connectivity index (χ3v) is 6.19. The van der Waals surface area contributed by atoms with Crippen molar-refractivity contribution in [2.75, 3.05) is 31.2 Å². The fourth-order valence-corrected chi connectivity index (χ4v) is 4.51. The van der Waals surface area contributed by atoms with E-state index in [0.29, 0.717) is 25.6 Å². The maximum atomic E-state index is 13.4. The molecule has 2 heterocycles. The molecule has 2 atom stereocenters. The first kappa shape index (κ1) is 21.1. The molecule has 0 aromatic heterocycles. The summed E-state index contributed by atoms with van der Waals surface area (Å²) in [6.07, 6.45) is 0. The number of aliphatic imine (C=N–C) groups is 1. The van der Waals surface area contributed by atoms with Crippen molar-refractivity contribution in [3.63, 3.8) is 0 Å². The highest BCUT2D eigenvalue weighted by Crippen LogP contribution is 2.46. The molecule has 0 N–H and O–H groups in total. The lowest BCUT2D eigenvalue weighted by atomic mass is 9.71. The molecule has 1 amide bonds. The molecular formula is C25H28N2O4. The fourth-order valence-electron chi connectivity index (χ4n) is 4.51. The van der Waals surface area contributed by atoms with Crippen LogP contribution in [0.4, 0.5) is 5.69 Å². The quantitative estimate of drug-likeness (QED) is 0.667. The Balaban J connectivity index is 1.74. The first-order valence-electron chi connectivity index (χ1n) is 10.7. The van der Waals surface area contributed by atoms with Crippen LogP contribution in [0.15, 0.2) is 59.6 Å². The zero-order chi connectivity index (χ0) is 22.0. The minimum atomic E-state index is -0.731. The van der Waals surface area contributed by atoms with E-state index in [0.717, 1.165) is 16.8 Å². The Labute approximate surface area is 182 Å². The van der Waals surface area contributed by atoms with E-state index in [1.807, 2.05) is 68.4 Å². The largest absolute Gasteiger partial charge is 0.476 e. The first-order chi connectivity index (χ1) is 14.9. The Bertz CT molecular complexity index is 1000. The van der Waals surface area contributed by atoms with Gasteiger partial charge in [-0.3, -0.25) is 9.59 Å². The second-order valence-corrected chi connectivity index (χ2v) is 8.47. The summed E-state index contributed by atoms with van der Waals surface area (Å²) < 4.78 is 11.1. The Morgan fingerprint density at radius 2 is 2.00 bits per heavy atom. The van der Waals surface area contributed by atoms with Gasteiger partial charge in [0.25, 0.3) is 0 Å². The van der Waals surface area contributed by atoms with Crippen molar-refractivity contribution in [3.8, 4) is 0 Å². The van der Waals surface area contributed by atoms with Gasteiger partial charge >= 0.3 is 5.97 Å². The molecular weight excluding hydrogens is 392 g/mol. The van der Waals surface area contributed by atoms with E-state index in [1.165, 1.54) is 0 Å². The van der Waals surface area contributed by atoms with Crippen LogP contribution >= 0.6 is 0 Å². The van der Waals surface area contributed by atoms with Crippen molar-refractivity contribution in [1.29, 1.82) is 0 Å². The Morgan fingerprint density at radius 1 is 1.23 bits per heavy atom. The minimum Gasteiger partial charge on any atom is -0.476 e. The van der Waals surface area contributed by atoms with Crippen molar-refractivity contribution in [2.24, 2.45) is 16.3 Å². The third-order valence-electron chi connectivity index (χ3n) is 6.19. The zero-order valence-corrected chi connectivity index (χ0v) is 18.2. The molecule has 2 aromatic rings. The predicted octanol–water partition coefficient (Wildman–Crippen LogP) is 3.80. The second kappa shape index (κ2) is 8.53. The number of benzene rings is 2. The molecule has 0 spiro atoms. The van der Waals surface area contributed by atoms with Crippen LogP contribution in [0.1, 0.15) is 37.8 Å². The number of carbonyl (C=O) groups is 2. The highest BCUT2D eigenvalue weighted by atomic mass is 16.5. The van der Waals surface area contributed by atoms with Crippen molar-refractivity contribution in [1.82, 2.24) is 0 Å². The number of amides is 1. The van der Waals surface area contributed by atoms with Crippen LogP contribution in [-0.2, 0) is 19.1 Å². The lowest BCUT2D eigenvalue weighted by molar-refractivity contribution is -0.147. The predicted molar refractivity (Wildman–Crippen MR) is 119 cm³/mol. The van der Waals surface area contributed by atoms with E-state index in [1.54, 1.807) is 11.8 Å². The lowest BCUT2D eigenvalue weighted by Gasteiger charge is -2.30. The molecule has 0 bridgehead atoms. The number of anilines is 1. The molecule has 0 unspecified atom stereocenters. The summed E-state index contributed by atoms with van der Waals surface area (Å²) in [5.74, 6) is -0.528. The topological polar surface area (TPSA) is 68.2 Å². The minimum absolute atomic E-state index is 0.0117. The Hall–Kier alpha value is -3.15. The van der Waals surface area contributed by atoms with Gasteiger partial charge in [0.1, 0.15) is 6.61 Å². The van der Waals surface area contributed by atoms with Crippen LogP contribution in [-0.4, -0.2) is 44.1 Å². The molecule has 2 aliphatic rings. The second-order valence-electron chi connectivity index (χ2n) is 8.47. The van der Waals surface area contributed by atoms with Gasteiger partial charge in [-0.1, -0.05) is 44.2 Å². The van der Waals surface area contributed by atoms with Crippen LogP contribution in [0.5, 0.6) is 0 Å². The number of hydrogen-bond donors (Lipinski definition) is 0. The Kier molecular flexibility index (Phi) is 5.81. The van der Waals surface area contributed by atoms with Gasteiger partial charge in [-0.05, 0) is 36.8 Å². The molecule has 6 heteroatoms. The SMILES string of the molecule is CCOC(=O)[C@H](c1cccc(C2=NCCO2)c1)[C@H]1CN(c2ccccc2)C(=O)C1(C)C. The molecule has 1 fully saturated rings. The lowest BCUT2D eigenvalue weighted by Crippen LogP contribution is -2.35. The molecule has 2 aliphatic heterocycles. The van der Waals surface area contributed by atoms with E-state index < -0.39 is 11.3 Å². The molecule has 2 aromatic carbocycles. The number of esters is 1. The highest BCUT2D eigenvalue weighted by Gasteiger charge is 2.53. The summed E-state index contributed by atoms with van der Waals surface area (Å²) in [6.45, 7) is 7.57. The van der Waals surface area contributed by atoms with Gasteiger partial charge in [0.2, 0.25) is 11.8 Å². The zero-order valence-electron chi connectivity index (χ0n) is 18.2. The smallest absolute Gasteiger partial charge is 0.313 e. The van der Waals surface area contributed by atoms with E-state index in [-0.39, 0.29) is 24.4 Å². The molecule has 0 radical (unpaired) electrons. The maximum Gasteiger partial charge on any atom is 0.313 e. The number of ether oxygens (including phenoxy) is 2. The van der Waals surface area contributed by atoms with Gasteiger partial charge in [0.05, 0.1) is 19.1 Å². The number of para-hydroxylation sites is 1. The normalized spacial score (nSPS) is 20.9. The van der Waals surface area contributed by atoms with Gasteiger partial charge in [-0.15, -0.1) is 0 Å². The average Bonchev–Trinajstić information content (AvgIpc) is 3.38. The molecule has 1 saturated heterocycles. The summed E-state index contributed by atoms with van der Waals surface area (Å²) in [7, 11) is 0. The van der Waals surface area contributed by atoms with Gasteiger partial charge < -0.3 is 14.4 Å². The van der Waals surface area contributed by atoms with Crippen LogP contribution < -0.4 is 4.90 Å². The van der Waals surface area contributed by atoms with Gasteiger partial charge in [-0.25, -0.2) is 4.99 Å². The molecule has 4 rings (SSSR count). The van der Waals surface area contributed by atoms with Gasteiger partial charge in [0, 0.05) is 29.1 Å². The summed E-state index contributed by atoms with van der Waals surface area (Å²) in [5, 5.41) is 0. The van der Waals surface area contributed by atoms with Gasteiger partial charge in [-0.2, -0.15) is 0 Å². The summed E-state index contributed by atoms with van der Waals surface area (Å²) in [4.78, 5) is 32.7. The van der Waals surface area contributed by atoms with Crippen molar-refractivity contribution in [3.05, 3.63) is 65.7 Å². The van der Waals surface area contributed by atoms with Gasteiger partial charge in [0.15, 0.2) is 0 Å². The standard InChI is InChI=1S/C25H28N2O4/c1-4-30-23(28)21(17-9-8-10-18(15-17)22-26-13-14-31-22)20-16-27(24(29)25(20,2)3)19-11-6-5-7-12-19/h5-12,15,20-21H,4,13-14,16H2,1-3H3/t20-,21-/m1/s1. The van der Waals surface area contributed by atoms with E-state index >= 15 is 0 Å². The van der Waals surface area contributed by atoms with Crippen LogP contribution in [0.25, 0.3) is 0 Å². The van der Waals surface area contributed by atoms with E-state index in [9.17, 15) is 9.59 Å². The van der Waals surface area contributed by atoms with Crippen molar-refractivity contribution < 1.29 is 19.1 Å². The molecule has 0 aliphatic carbocycles. The Morgan fingerprint density at radius 3 is 2.68 bits per heavy atom. The summed E-state index contributed by atoms with van der Waals surface area (Å²) >= 11 is 0. The fraction of sp³-hybridized carbons (Fsp3) is 0.400. The van der Waals surface area contributed by atoms with Crippen LogP contribution in [0.3, 0.4) is 0 Å². The third kappa shape index (κ3) is 3.94. The molecule has 0 saturated carbocycles. The molecule has 162 valence electrons. The first-order valence-corrected chi connectivity index (χ1v) is 10.7. The van der Waals surface area contributed by atoms with Crippen LogP contribution in [0, 0.1) is 11.3 Å². The summed E-state index contributed by atoms with van der Waals surface area (Å²) in [5.41, 5.74) is 1.76. The van der Waals surface area contributed by atoms with Crippen molar-refractivity contribution in [2.45, 2.75) is 26.7 Å². The number of hydrogen-bond acceptors (Lipinski definition) is 5. The van der Waals surface area contributed by atoms with Crippen LogP contribution in [0.2, 0.25) is 0 Å². The number of nitrogens with zero attached hydrogens (tertiary/aromatic N) is 2. The highest BCUT2D eigenvalue weighted by molar-refractivity contribution is 6.01. The monoisotopic (exact) mass is 420 g/mol. The maximum absolute atomic E-state index is 13.4. The number of carbonyl (C=O) groups excluding carboxylic acids is 2. The molecule has 6 nitrogen and oxygen atoms in total. The van der Waals surface area contributed by atoms with E-state index in [2.05, 4.69) is 4.99 Å². The molecule has 31 heavy (non-hydrogen) atoms. The van der Waals surface area contributed by atoms with Crippen molar-refractivity contribution >= 4 is 23.5 Å². The average molecular weight is 421 g/mol. The summed E-state index contributed by atoms with van der Waals surface area (Å²) in [6, 6.07) is 17.3. The number of rotatable bonds is 6. The van der Waals surface area contributed by atoms with E-state index in [4.69, 9.17) is 9.47 Å².